The third kappa shape index (κ3) is 5.29. The van der Waals surface area contributed by atoms with Crippen molar-refractivity contribution in [3.8, 4) is 17.2 Å². The summed E-state index contributed by atoms with van der Waals surface area (Å²) in [6.07, 6.45) is 0.581. The molecule has 0 spiro atoms. The van der Waals surface area contributed by atoms with Crippen molar-refractivity contribution in [2.45, 2.75) is 31.6 Å². The second-order valence-corrected chi connectivity index (χ2v) is 9.39. The number of methoxy groups -OCH3 is 3. The molecular weight excluding hydrogens is 420 g/mol. The molecule has 2 rings (SSSR count). The molecule has 0 unspecified atom stereocenters. The van der Waals surface area contributed by atoms with Gasteiger partial charge in [0, 0.05) is 26.2 Å². The zero-order valence-corrected chi connectivity index (χ0v) is 19.8. The monoisotopic (exact) mass is 450 g/mol. The van der Waals surface area contributed by atoms with Gasteiger partial charge in [0.15, 0.2) is 11.5 Å². The van der Waals surface area contributed by atoms with E-state index < -0.39 is 10.0 Å². The molecule has 0 saturated heterocycles. The predicted molar refractivity (Wildman–Crippen MR) is 120 cm³/mol. The predicted octanol–water partition coefficient (Wildman–Crippen LogP) is 3.15. The lowest BCUT2D eigenvalue weighted by molar-refractivity contribution is -0.116. The standard InChI is InChI=1S/C22H30N2O6S/c1-14-12-17(31(26,27)24(3)4)13-18(15(14)2)23-20(25)11-9-16-8-10-19(28-5)22(30-7)21(16)29-6/h8,10,12-13H,9,11H2,1-7H3,(H,23,25). The lowest BCUT2D eigenvalue weighted by Gasteiger charge is -2.17. The van der Waals surface area contributed by atoms with Crippen molar-refractivity contribution in [3.63, 3.8) is 0 Å². The number of aryl methyl sites for hydroxylation is 2. The van der Waals surface area contributed by atoms with Crippen molar-refractivity contribution >= 4 is 21.6 Å². The number of nitrogens with zero attached hydrogens (tertiary/aromatic N) is 1. The maximum Gasteiger partial charge on any atom is 0.242 e. The number of hydrogen-bond donors (Lipinski definition) is 1. The van der Waals surface area contributed by atoms with Crippen LogP contribution in [0.5, 0.6) is 17.2 Å². The Labute approximate surface area is 184 Å². The molecule has 0 aromatic heterocycles. The molecule has 2 aromatic rings. The lowest BCUT2D eigenvalue weighted by Crippen LogP contribution is -2.23. The Kier molecular flexibility index (Phi) is 7.91. The number of amides is 1. The number of carbonyl (C=O) groups is 1. The molecule has 0 saturated carbocycles. The second kappa shape index (κ2) is 10.0. The number of benzene rings is 2. The van der Waals surface area contributed by atoms with Crippen LogP contribution in [0, 0.1) is 13.8 Å². The van der Waals surface area contributed by atoms with Crippen LogP contribution in [0.25, 0.3) is 0 Å². The Bertz CT molecular complexity index is 1060. The van der Waals surface area contributed by atoms with Crippen molar-refractivity contribution < 1.29 is 27.4 Å². The first-order chi connectivity index (χ1) is 14.6. The fraction of sp³-hybridized carbons (Fsp3) is 0.409. The molecule has 0 heterocycles. The van der Waals surface area contributed by atoms with Gasteiger partial charge in [0.25, 0.3) is 0 Å². The SMILES string of the molecule is COc1ccc(CCC(=O)Nc2cc(S(=O)(=O)N(C)C)cc(C)c2C)c(OC)c1OC. The van der Waals surface area contributed by atoms with Crippen LogP contribution < -0.4 is 19.5 Å². The molecule has 1 N–H and O–H groups in total. The highest BCUT2D eigenvalue weighted by molar-refractivity contribution is 7.89. The molecular formula is C22H30N2O6S. The molecule has 0 aliphatic carbocycles. The lowest BCUT2D eigenvalue weighted by atomic mass is 10.1. The molecule has 9 heteroatoms. The normalized spacial score (nSPS) is 11.4. The third-order valence-electron chi connectivity index (χ3n) is 5.10. The van der Waals surface area contributed by atoms with Crippen molar-refractivity contribution in [1.82, 2.24) is 4.31 Å². The molecule has 2 aromatic carbocycles. The van der Waals surface area contributed by atoms with Crippen LogP contribution in [0.3, 0.4) is 0 Å². The Hall–Kier alpha value is -2.78. The van der Waals surface area contributed by atoms with E-state index in [2.05, 4.69) is 5.32 Å². The van der Waals surface area contributed by atoms with Crippen molar-refractivity contribution in [1.29, 1.82) is 0 Å². The average molecular weight is 451 g/mol. The molecule has 0 bridgehead atoms. The van der Waals surface area contributed by atoms with Gasteiger partial charge in [-0.15, -0.1) is 0 Å². The first kappa shape index (κ1) is 24.5. The number of sulfonamides is 1. The van der Waals surface area contributed by atoms with E-state index in [-0.39, 0.29) is 17.2 Å². The zero-order chi connectivity index (χ0) is 23.3. The van der Waals surface area contributed by atoms with E-state index in [1.807, 2.05) is 19.9 Å². The minimum absolute atomic E-state index is 0.137. The van der Waals surface area contributed by atoms with Gasteiger partial charge < -0.3 is 19.5 Å². The summed E-state index contributed by atoms with van der Waals surface area (Å²) in [6.45, 7) is 3.66. The third-order valence-corrected chi connectivity index (χ3v) is 6.89. The molecule has 0 radical (unpaired) electrons. The van der Waals surface area contributed by atoms with Gasteiger partial charge in [-0.1, -0.05) is 6.07 Å². The molecule has 31 heavy (non-hydrogen) atoms. The van der Waals surface area contributed by atoms with Gasteiger partial charge in [-0.2, -0.15) is 0 Å². The highest BCUT2D eigenvalue weighted by Gasteiger charge is 2.21. The van der Waals surface area contributed by atoms with Crippen LogP contribution in [0.4, 0.5) is 5.69 Å². The summed E-state index contributed by atoms with van der Waals surface area (Å²) < 4.78 is 42.3. The molecule has 1 amide bonds. The van der Waals surface area contributed by atoms with Gasteiger partial charge in [-0.3, -0.25) is 4.79 Å². The van der Waals surface area contributed by atoms with Gasteiger partial charge >= 0.3 is 0 Å². The topological polar surface area (TPSA) is 94.2 Å². The first-order valence-corrected chi connectivity index (χ1v) is 11.1. The molecule has 8 nitrogen and oxygen atoms in total. The van der Waals surface area contributed by atoms with Gasteiger partial charge in [-0.05, 0) is 55.2 Å². The van der Waals surface area contributed by atoms with E-state index in [0.29, 0.717) is 29.4 Å². The van der Waals surface area contributed by atoms with Crippen LogP contribution in [0.1, 0.15) is 23.1 Å². The van der Waals surface area contributed by atoms with E-state index in [1.165, 1.54) is 34.4 Å². The summed E-state index contributed by atoms with van der Waals surface area (Å²) >= 11 is 0. The van der Waals surface area contributed by atoms with Gasteiger partial charge in [0.05, 0.1) is 26.2 Å². The summed E-state index contributed by atoms with van der Waals surface area (Å²) in [5.74, 6) is 1.29. The number of hydrogen-bond acceptors (Lipinski definition) is 6. The van der Waals surface area contributed by atoms with E-state index in [0.717, 1.165) is 21.0 Å². The largest absolute Gasteiger partial charge is 0.493 e. The number of anilines is 1. The van der Waals surface area contributed by atoms with Crippen LogP contribution in [-0.4, -0.2) is 54.1 Å². The Morgan fingerprint density at radius 1 is 1.00 bits per heavy atom. The Balaban J connectivity index is 2.24. The summed E-state index contributed by atoms with van der Waals surface area (Å²) in [6, 6.07) is 6.69. The van der Waals surface area contributed by atoms with Crippen LogP contribution in [-0.2, 0) is 21.2 Å². The Morgan fingerprint density at radius 2 is 1.65 bits per heavy atom. The van der Waals surface area contributed by atoms with E-state index in [4.69, 9.17) is 14.2 Å². The highest BCUT2D eigenvalue weighted by Crippen LogP contribution is 2.40. The number of nitrogens with one attached hydrogen (secondary N) is 1. The maximum absolute atomic E-state index is 12.7. The number of ether oxygens (including phenoxy) is 3. The van der Waals surface area contributed by atoms with Crippen molar-refractivity contribution in [3.05, 3.63) is 41.0 Å². The number of carbonyl (C=O) groups excluding carboxylic acids is 1. The summed E-state index contributed by atoms with van der Waals surface area (Å²) in [5.41, 5.74) is 2.87. The summed E-state index contributed by atoms with van der Waals surface area (Å²) in [4.78, 5) is 12.8. The van der Waals surface area contributed by atoms with Crippen LogP contribution in [0.15, 0.2) is 29.2 Å². The molecule has 0 aliphatic heterocycles. The smallest absolute Gasteiger partial charge is 0.242 e. The van der Waals surface area contributed by atoms with E-state index >= 15 is 0 Å². The van der Waals surface area contributed by atoms with Crippen molar-refractivity contribution in [2.24, 2.45) is 0 Å². The quantitative estimate of drug-likeness (QED) is 0.631. The van der Waals surface area contributed by atoms with E-state index in [9.17, 15) is 13.2 Å². The second-order valence-electron chi connectivity index (χ2n) is 7.24. The molecule has 0 aliphatic rings. The van der Waals surface area contributed by atoms with Gasteiger partial charge in [0.2, 0.25) is 21.7 Å². The highest BCUT2D eigenvalue weighted by atomic mass is 32.2. The maximum atomic E-state index is 12.7. The molecule has 0 fully saturated rings. The Morgan fingerprint density at radius 3 is 2.19 bits per heavy atom. The summed E-state index contributed by atoms with van der Waals surface area (Å²) in [7, 11) is 3.93. The molecule has 0 atom stereocenters. The van der Waals surface area contributed by atoms with Gasteiger partial charge in [-0.25, -0.2) is 12.7 Å². The molecule has 170 valence electrons. The van der Waals surface area contributed by atoms with Gasteiger partial charge in [0.1, 0.15) is 0 Å². The fourth-order valence-corrected chi connectivity index (χ4v) is 4.15. The van der Waals surface area contributed by atoms with Crippen LogP contribution in [0.2, 0.25) is 0 Å². The first-order valence-electron chi connectivity index (χ1n) is 9.68. The zero-order valence-electron chi connectivity index (χ0n) is 19.0. The minimum Gasteiger partial charge on any atom is -0.493 e. The van der Waals surface area contributed by atoms with Crippen LogP contribution >= 0.6 is 0 Å². The van der Waals surface area contributed by atoms with Crippen molar-refractivity contribution in [2.75, 3.05) is 40.7 Å². The fourth-order valence-electron chi connectivity index (χ4n) is 3.14. The van der Waals surface area contributed by atoms with E-state index in [1.54, 1.807) is 19.2 Å². The minimum atomic E-state index is -3.61. The number of rotatable bonds is 9. The summed E-state index contributed by atoms with van der Waals surface area (Å²) in [5, 5.41) is 2.84. The average Bonchev–Trinajstić information content (AvgIpc) is 2.73.